The topological polar surface area (TPSA) is 55.4 Å². The van der Waals surface area contributed by atoms with Gasteiger partial charge in [-0.1, -0.05) is 11.6 Å². The van der Waals surface area contributed by atoms with E-state index in [1.807, 2.05) is 6.26 Å². The Morgan fingerprint density at radius 1 is 1.50 bits per heavy atom. The van der Waals surface area contributed by atoms with Gasteiger partial charge in [0.05, 0.1) is 12.7 Å². The van der Waals surface area contributed by atoms with Crippen LogP contribution in [0.15, 0.2) is 18.2 Å². The van der Waals surface area contributed by atoms with E-state index in [9.17, 15) is 14.0 Å². The Morgan fingerprint density at radius 3 is 2.80 bits per heavy atom. The van der Waals surface area contributed by atoms with Gasteiger partial charge in [-0.15, -0.1) is 0 Å². The number of carbonyl (C=O) groups is 2. The lowest BCUT2D eigenvalue weighted by Gasteiger charge is -2.16. The van der Waals surface area contributed by atoms with Gasteiger partial charge in [-0.25, -0.2) is 9.18 Å². The third-order valence-electron chi connectivity index (χ3n) is 2.57. The molecule has 0 aliphatic heterocycles. The van der Waals surface area contributed by atoms with Gasteiger partial charge in [0.15, 0.2) is 0 Å². The third-order valence-corrected chi connectivity index (χ3v) is 3.45. The van der Waals surface area contributed by atoms with Crippen LogP contribution in [-0.2, 0) is 9.53 Å². The number of halogens is 2. The zero-order valence-corrected chi connectivity index (χ0v) is 12.7. The van der Waals surface area contributed by atoms with Gasteiger partial charge < -0.3 is 10.1 Å². The second kappa shape index (κ2) is 8.11. The molecule has 0 bridgehead atoms. The molecular weight excluding hydrogens is 305 g/mol. The fraction of sp³-hybridized carbons (Fsp3) is 0.385. The van der Waals surface area contributed by atoms with Crippen molar-refractivity contribution in [2.45, 2.75) is 12.5 Å². The molecule has 0 saturated heterocycles. The van der Waals surface area contributed by atoms with Gasteiger partial charge in [0.1, 0.15) is 11.9 Å². The fourth-order valence-corrected chi connectivity index (χ4v) is 2.18. The summed E-state index contributed by atoms with van der Waals surface area (Å²) in [5.41, 5.74) is -0.199. The summed E-state index contributed by atoms with van der Waals surface area (Å²) >= 11 is 7.26. The van der Waals surface area contributed by atoms with Crippen LogP contribution in [-0.4, -0.2) is 37.0 Å². The van der Waals surface area contributed by atoms with Crippen LogP contribution in [0.1, 0.15) is 16.8 Å². The number of esters is 1. The molecule has 1 atom stereocenters. The number of thioether (sulfide) groups is 1. The van der Waals surface area contributed by atoms with Gasteiger partial charge in [0, 0.05) is 5.02 Å². The molecule has 0 aliphatic rings. The number of ether oxygens (including phenoxy) is 1. The maximum Gasteiger partial charge on any atom is 0.328 e. The quantitative estimate of drug-likeness (QED) is 0.819. The van der Waals surface area contributed by atoms with E-state index in [4.69, 9.17) is 11.6 Å². The average molecular weight is 320 g/mol. The highest BCUT2D eigenvalue weighted by atomic mass is 35.5. The Balaban J connectivity index is 2.84. The molecule has 0 fully saturated rings. The first-order chi connectivity index (χ1) is 9.49. The van der Waals surface area contributed by atoms with E-state index in [0.29, 0.717) is 12.2 Å². The predicted molar refractivity (Wildman–Crippen MR) is 77.7 cm³/mol. The van der Waals surface area contributed by atoms with Gasteiger partial charge in [-0.2, -0.15) is 11.8 Å². The molecule has 0 radical (unpaired) electrons. The summed E-state index contributed by atoms with van der Waals surface area (Å²) < 4.78 is 18.2. The van der Waals surface area contributed by atoms with Crippen molar-refractivity contribution in [3.05, 3.63) is 34.6 Å². The second-order valence-corrected chi connectivity index (χ2v) is 5.38. The molecule has 7 heteroatoms. The Hall–Kier alpha value is -1.27. The Morgan fingerprint density at radius 2 is 2.20 bits per heavy atom. The number of hydrogen-bond acceptors (Lipinski definition) is 4. The van der Waals surface area contributed by atoms with Crippen LogP contribution in [0.25, 0.3) is 0 Å². The first kappa shape index (κ1) is 16.8. The Kier molecular flexibility index (Phi) is 6.81. The normalized spacial score (nSPS) is 11.8. The molecule has 0 saturated carbocycles. The molecule has 1 rings (SSSR count). The van der Waals surface area contributed by atoms with Crippen LogP contribution in [0.4, 0.5) is 4.39 Å². The van der Waals surface area contributed by atoms with E-state index in [1.54, 1.807) is 0 Å². The summed E-state index contributed by atoms with van der Waals surface area (Å²) in [6.45, 7) is 0. The van der Waals surface area contributed by atoms with Crippen LogP contribution < -0.4 is 5.32 Å². The third kappa shape index (κ3) is 4.68. The summed E-state index contributed by atoms with van der Waals surface area (Å²) in [6.07, 6.45) is 2.29. The summed E-state index contributed by atoms with van der Waals surface area (Å²) in [7, 11) is 1.24. The van der Waals surface area contributed by atoms with Crippen molar-refractivity contribution in [2.24, 2.45) is 0 Å². The molecule has 1 N–H and O–H groups in total. The SMILES string of the molecule is COC(=O)[C@H](CCSC)NC(=O)c1cc(Cl)ccc1F. The first-order valence-electron chi connectivity index (χ1n) is 5.82. The van der Waals surface area contributed by atoms with Gasteiger partial charge in [0.2, 0.25) is 0 Å². The number of rotatable bonds is 6. The molecule has 0 spiro atoms. The van der Waals surface area contributed by atoms with E-state index < -0.39 is 23.7 Å². The summed E-state index contributed by atoms with van der Waals surface area (Å²) in [5, 5.41) is 2.71. The maximum absolute atomic E-state index is 13.6. The molecular formula is C13H15ClFNO3S. The number of carbonyl (C=O) groups excluding carboxylic acids is 2. The molecule has 0 heterocycles. The minimum atomic E-state index is -0.807. The van der Waals surface area contributed by atoms with Crippen molar-refractivity contribution >= 4 is 35.2 Å². The van der Waals surface area contributed by atoms with Crippen molar-refractivity contribution in [1.29, 1.82) is 0 Å². The Bertz CT molecular complexity index is 499. The molecule has 0 aliphatic carbocycles. The van der Waals surface area contributed by atoms with Gasteiger partial charge in [0.25, 0.3) is 5.91 Å². The first-order valence-corrected chi connectivity index (χ1v) is 7.59. The van der Waals surface area contributed by atoms with Gasteiger partial charge >= 0.3 is 5.97 Å². The number of nitrogens with one attached hydrogen (secondary N) is 1. The van der Waals surface area contributed by atoms with Crippen molar-refractivity contribution < 1.29 is 18.7 Å². The number of methoxy groups -OCH3 is 1. The van der Waals surface area contributed by atoms with Crippen LogP contribution >= 0.6 is 23.4 Å². The Labute approximate surface area is 126 Å². The molecule has 0 unspecified atom stereocenters. The monoisotopic (exact) mass is 319 g/mol. The molecule has 110 valence electrons. The van der Waals surface area contributed by atoms with Crippen molar-refractivity contribution in [3.63, 3.8) is 0 Å². The number of hydrogen-bond donors (Lipinski definition) is 1. The van der Waals surface area contributed by atoms with E-state index in [1.165, 1.54) is 31.0 Å². The van der Waals surface area contributed by atoms with Crippen LogP contribution in [0.3, 0.4) is 0 Å². The van der Waals surface area contributed by atoms with E-state index in [0.717, 1.165) is 6.07 Å². The average Bonchev–Trinajstić information content (AvgIpc) is 2.44. The minimum Gasteiger partial charge on any atom is -0.467 e. The highest BCUT2D eigenvalue weighted by molar-refractivity contribution is 7.98. The zero-order valence-electron chi connectivity index (χ0n) is 11.1. The molecule has 0 aromatic heterocycles. The van der Waals surface area contributed by atoms with E-state index in [2.05, 4.69) is 10.1 Å². The zero-order chi connectivity index (χ0) is 15.1. The largest absolute Gasteiger partial charge is 0.467 e. The van der Waals surface area contributed by atoms with E-state index in [-0.39, 0.29) is 10.6 Å². The number of benzene rings is 1. The lowest BCUT2D eigenvalue weighted by atomic mass is 10.1. The van der Waals surface area contributed by atoms with Crippen LogP contribution in [0.2, 0.25) is 5.02 Å². The lowest BCUT2D eigenvalue weighted by Crippen LogP contribution is -2.42. The van der Waals surface area contributed by atoms with Crippen molar-refractivity contribution in [2.75, 3.05) is 19.1 Å². The number of amides is 1. The molecule has 4 nitrogen and oxygen atoms in total. The van der Waals surface area contributed by atoms with Gasteiger partial charge in [-0.3, -0.25) is 4.79 Å². The smallest absolute Gasteiger partial charge is 0.328 e. The molecule has 1 aromatic rings. The maximum atomic E-state index is 13.6. The highest BCUT2D eigenvalue weighted by Crippen LogP contribution is 2.15. The second-order valence-electron chi connectivity index (χ2n) is 3.95. The molecule has 1 aromatic carbocycles. The highest BCUT2D eigenvalue weighted by Gasteiger charge is 2.23. The fourth-order valence-electron chi connectivity index (χ4n) is 1.53. The summed E-state index contributed by atoms with van der Waals surface area (Å²) in [5.74, 6) is -1.28. The van der Waals surface area contributed by atoms with Crippen LogP contribution in [0.5, 0.6) is 0 Å². The van der Waals surface area contributed by atoms with Crippen LogP contribution in [0, 0.1) is 5.82 Å². The standard InChI is InChI=1S/C13H15ClFNO3S/c1-19-13(18)11(5-6-20-2)16-12(17)9-7-8(14)3-4-10(9)15/h3-4,7,11H,5-6H2,1-2H3,(H,16,17)/t11-/m0/s1. The molecule has 20 heavy (non-hydrogen) atoms. The lowest BCUT2D eigenvalue weighted by molar-refractivity contribution is -0.142. The summed E-state index contributed by atoms with van der Waals surface area (Å²) in [6, 6.07) is 2.86. The minimum absolute atomic E-state index is 0.199. The van der Waals surface area contributed by atoms with Crippen molar-refractivity contribution in [3.8, 4) is 0 Å². The van der Waals surface area contributed by atoms with Gasteiger partial charge in [-0.05, 0) is 36.6 Å². The van der Waals surface area contributed by atoms with Crippen molar-refractivity contribution in [1.82, 2.24) is 5.32 Å². The predicted octanol–water partition coefficient (Wildman–Crippen LogP) is 2.50. The molecule has 1 amide bonds. The summed E-state index contributed by atoms with van der Waals surface area (Å²) in [4.78, 5) is 23.6. The van der Waals surface area contributed by atoms with E-state index >= 15 is 0 Å².